The Bertz CT molecular complexity index is 581. The van der Waals surface area contributed by atoms with Crippen molar-refractivity contribution in [2.24, 2.45) is 5.92 Å². The van der Waals surface area contributed by atoms with Crippen LogP contribution in [0.25, 0.3) is 0 Å². The van der Waals surface area contributed by atoms with Crippen LogP contribution < -0.4 is 0 Å². The number of nitrogens with zero attached hydrogens (tertiary/aromatic N) is 1. The van der Waals surface area contributed by atoms with Crippen molar-refractivity contribution >= 4 is 11.8 Å². The van der Waals surface area contributed by atoms with Gasteiger partial charge in [-0.05, 0) is 25.5 Å². The second-order valence-corrected chi connectivity index (χ2v) is 4.86. The molecule has 1 aromatic rings. The maximum absolute atomic E-state index is 12.5. The van der Waals surface area contributed by atoms with Gasteiger partial charge >= 0.3 is 0 Å². The van der Waals surface area contributed by atoms with Crippen molar-refractivity contribution in [3.8, 4) is 12.3 Å². The Hall–Kier alpha value is -2.34. The van der Waals surface area contributed by atoms with Gasteiger partial charge in [0.25, 0.3) is 5.91 Å². The topological polar surface area (TPSA) is 37.4 Å². The molecule has 1 aliphatic heterocycles. The van der Waals surface area contributed by atoms with E-state index in [1.54, 1.807) is 24.3 Å². The summed E-state index contributed by atoms with van der Waals surface area (Å²) in [6.45, 7) is 2.26. The van der Waals surface area contributed by atoms with Gasteiger partial charge in [0.05, 0.1) is 5.92 Å². The third-order valence-electron chi connectivity index (χ3n) is 3.55. The minimum Gasteiger partial charge on any atom is -0.274 e. The first kappa shape index (κ1) is 14.1. The highest BCUT2D eigenvalue weighted by Gasteiger charge is 2.32. The van der Waals surface area contributed by atoms with Crippen LogP contribution in [0.5, 0.6) is 0 Å². The molecule has 1 heterocycles. The van der Waals surface area contributed by atoms with E-state index in [1.807, 2.05) is 19.1 Å². The molecule has 0 bridgehead atoms. The van der Waals surface area contributed by atoms with Gasteiger partial charge in [0.2, 0.25) is 5.91 Å². The van der Waals surface area contributed by atoms with Crippen molar-refractivity contribution in [3.05, 3.63) is 47.5 Å². The lowest BCUT2D eigenvalue weighted by Crippen LogP contribution is -2.44. The predicted molar refractivity (Wildman–Crippen MR) is 77.8 cm³/mol. The van der Waals surface area contributed by atoms with Gasteiger partial charge < -0.3 is 0 Å². The van der Waals surface area contributed by atoms with Crippen molar-refractivity contribution in [3.63, 3.8) is 0 Å². The second kappa shape index (κ2) is 6.21. The van der Waals surface area contributed by atoms with Crippen molar-refractivity contribution in [2.45, 2.75) is 19.8 Å². The van der Waals surface area contributed by atoms with Crippen molar-refractivity contribution in [1.82, 2.24) is 4.90 Å². The fourth-order valence-electron chi connectivity index (χ4n) is 2.35. The van der Waals surface area contributed by atoms with Gasteiger partial charge in [-0.15, -0.1) is 12.3 Å². The van der Waals surface area contributed by atoms with Crippen LogP contribution in [-0.2, 0) is 4.79 Å². The Morgan fingerprint density at radius 3 is 2.75 bits per heavy atom. The monoisotopic (exact) mass is 267 g/mol. The molecule has 3 nitrogen and oxygen atoms in total. The molecule has 1 atom stereocenters. The maximum Gasteiger partial charge on any atom is 0.260 e. The van der Waals surface area contributed by atoms with Crippen LogP contribution in [0, 0.1) is 18.3 Å². The Morgan fingerprint density at radius 1 is 1.40 bits per heavy atom. The van der Waals surface area contributed by atoms with Gasteiger partial charge in [0, 0.05) is 18.5 Å². The summed E-state index contributed by atoms with van der Waals surface area (Å²) in [6.07, 6.45) is 8.32. The highest BCUT2D eigenvalue weighted by atomic mass is 16.2. The SMILES string of the molecule is C#CCCC1C(=O)N(C(=O)c2ccccc2)CC=C1C. The number of rotatable bonds is 3. The van der Waals surface area contributed by atoms with Crippen LogP contribution in [0.15, 0.2) is 42.0 Å². The lowest BCUT2D eigenvalue weighted by molar-refractivity contribution is -0.132. The lowest BCUT2D eigenvalue weighted by Gasteiger charge is -2.29. The zero-order valence-electron chi connectivity index (χ0n) is 11.5. The molecule has 0 saturated carbocycles. The Balaban J connectivity index is 2.20. The van der Waals surface area contributed by atoms with E-state index in [2.05, 4.69) is 5.92 Å². The summed E-state index contributed by atoms with van der Waals surface area (Å²) in [4.78, 5) is 26.1. The van der Waals surface area contributed by atoms with E-state index >= 15 is 0 Å². The van der Waals surface area contributed by atoms with Gasteiger partial charge in [-0.1, -0.05) is 29.8 Å². The van der Waals surface area contributed by atoms with E-state index in [1.165, 1.54) is 4.90 Å². The van der Waals surface area contributed by atoms with Crippen LogP contribution in [-0.4, -0.2) is 23.3 Å². The highest BCUT2D eigenvalue weighted by molar-refractivity contribution is 6.06. The smallest absolute Gasteiger partial charge is 0.260 e. The van der Waals surface area contributed by atoms with E-state index < -0.39 is 0 Å². The quantitative estimate of drug-likeness (QED) is 0.479. The molecule has 20 heavy (non-hydrogen) atoms. The second-order valence-electron chi connectivity index (χ2n) is 4.86. The first-order chi connectivity index (χ1) is 9.65. The van der Waals surface area contributed by atoms with E-state index in [-0.39, 0.29) is 17.7 Å². The molecule has 1 aromatic carbocycles. The van der Waals surface area contributed by atoms with Gasteiger partial charge in [-0.2, -0.15) is 0 Å². The number of imide groups is 1. The molecule has 0 N–H and O–H groups in total. The van der Waals surface area contributed by atoms with Gasteiger partial charge in [0.15, 0.2) is 0 Å². The molecule has 2 rings (SSSR count). The van der Waals surface area contributed by atoms with Crippen molar-refractivity contribution in [2.75, 3.05) is 6.54 Å². The van der Waals surface area contributed by atoms with E-state index in [4.69, 9.17) is 6.42 Å². The Morgan fingerprint density at radius 2 is 2.10 bits per heavy atom. The number of benzene rings is 1. The first-order valence-corrected chi connectivity index (χ1v) is 6.66. The number of hydrogen-bond donors (Lipinski definition) is 0. The third kappa shape index (κ3) is 2.80. The molecule has 2 amide bonds. The standard InChI is InChI=1S/C17H17NO2/c1-3-4-10-15-13(2)11-12-18(17(15)20)16(19)14-8-6-5-7-9-14/h1,5-9,11,15H,4,10,12H2,2H3. The molecular formula is C17H17NO2. The molecule has 0 radical (unpaired) electrons. The fraction of sp³-hybridized carbons (Fsp3) is 0.294. The van der Waals surface area contributed by atoms with Gasteiger partial charge in [-0.3, -0.25) is 14.5 Å². The minimum absolute atomic E-state index is 0.144. The fourth-order valence-corrected chi connectivity index (χ4v) is 2.35. The molecule has 0 fully saturated rings. The summed E-state index contributed by atoms with van der Waals surface area (Å²) in [5, 5.41) is 0. The van der Waals surface area contributed by atoms with Crippen LogP contribution in [0.4, 0.5) is 0 Å². The van der Waals surface area contributed by atoms with Crippen LogP contribution in [0.3, 0.4) is 0 Å². The molecule has 102 valence electrons. The highest BCUT2D eigenvalue weighted by Crippen LogP contribution is 2.24. The summed E-state index contributed by atoms with van der Waals surface area (Å²) in [7, 11) is 0. The molecule has 0 aromatic heterocycles. The average Bonchev–Trinajstić information content (AvgIpc) is 2.47. The molecule has 1 unspecified atom stereocenters. The summed E-state index contributed by atoms with van der Waals surface area (Å²) in [6, 6.07) is 8.86. The molecule has 0 aliphatic carbocycles. The average molecular weight is 267 g/mol. The van der Waals surface area contributed by atoms with Gasteiger partial charge in [-0.25, -0.2) is 0 Å². The summed E-state index contributed by atoms with van der Waals surface area (Å²) in [5.41, 5.74) is 1.53. The van der Waals surface area contributed by atoms with Gasteiger partial charge in [0.1, 0.15) is 0 Å². The number of amides is 2. The predicted octanol–water partition coefficient (Wildman–Crippen LogP) is 2.64. The largest absolute Gasteiger partial charge is 0.274 e. The Kier molecular flexibility index (Phi) is 4.37. The molecule has 1 aliphatic rings. The molecule has 0 saturated heterocycles. The summed E-state index contributed by atoms with van der Waals surface area (Å²) >= 11 is 0. The van der Waals surface area contributed by atoms with Crippen LogP contribution >= 0.6 is 0 Å². The Labute approximate surface area is 119 Å². The van der Waals surface area contributed by atoms with E-state index in [9.17, 15) is 9.59 Å². The summed E-state index contributed by atoms with van der Waals surface area (Å²) in [5.74, 6) is 1.89. The minimum atomic E-state index is -0.271. The lowest BCUT2D eigenvalue weighted by atomic mass is 9.90. The molecular weight excluding hydrogens is 250 g/mol. The number of carbonyl (C=O) groups excluding carboxylic acids is 2. The van der Waals surface area contributed by atoms with Crippen molar-refractivity contribution < 1.29 is 9.59 Å². The number of hydrogen-bond acceptors (Lipinski definition) is 2. The zero-order valence-corrected chi connectivity index (χ0v) is 11.5. The zero-order chi connectivity index (χ0) is 14.5. The number of terminal acetylenes is 1. The molecule has 3 heteroatoms. The van der Waals surface area contributed by atoms with Crippen molar-refractivity contribution in [1.29, 1.82) is 0 Å². The summed E-state index contributed by atoms with van der Waals surface area (Å²) < 4.78 is 0. The normalized spacial score (nSPS) is 18.4. The maximum atomic E-state index is 12.5. The number of carbonyl (C=O) groups is 2. The van der Waals surface area contributed by atoms with Crippen LogP contribution in [0.1, 0.15) is 30.1 Å². The molecule has 0 spiro atoms. The van der Waals surface area contributed by atoms with Crippen LogP contribution in [0.2, 0.25) is 0 Å². The third-order valence-corrected chi connectivity index (χ3v) is 3.55. The first-order valence-electron chi connectivity index (χ1n) is 6.66. The van der Waals surface area contributed by atoms with E-state index in [0.29, 0.717) is 24.9 Å². The van der Waals surface area contributed by atoms with E-state index in [0.717, 1.165) is 5.57 Å².